The summed E-state index contributed by atoms with van der Waals surface area (Å²) in [4.78, 5) is 11.1. The lowest BCUT2D eigenvalue weighted by atomic mass is 9.68. The molecule has 16 heavy (non-hydrogen) atoms. The van der Waals surface area contributed by atoms with Crippen LogP contribution in [0.1, 0.15) is 50.2 Å². The van der Waals surface area contributed by atoms with Gasteiger partial charge in [0.15, 0.2) is 0 Å². The predicted octanol–water partition coefficient (Wildman–Crippen LogP) is 2.72. The van der Waals surface area contributed by atoms with E-state index in [0.29, 0.717) is 12.3 Å². The molecule has 0 aromatic heterocycles. The highest BCUT2D eigenvalue weighted by Gasteiger charge is 2.32. The van der Waals surface area contributed by atoms with Crippen molar-refractivity contribution >= 4 is 5.91 Å². The van der Waals surface area contributed by atoms with Crippen LogP contribution in [0, 0.1) is 0 Å². The summed E-state index contributed by atoms with van der Waals surface area (Å²) in [6.45, 7) is 4.54. The molecule has 1 aromatic carbocycles. The van der Waals surface area contributed by atoms with Gasteiger partial charge in [0.05, 0.1) is 0 Å². The van der Waals surface area contributed by atoms with Gasteiger partial charge in [-0.05, 0) is 35.3 Å². The molecule has 0 fully saturated rings. The zero-order chi connectivity index (χ0) is 11.8. The van der Waals surface area contributed by atoms with Crippen molar-refractivity contribution in [1.29, 1.82) is 0 Å². The van der Waals surface area contributed by atoms with Crippen molar-refractivity contribution in [2.45, 2.75) is 44.4 Å². The number of fused-ring (bicyclic) bond motifs is 1. The van der Waals surface area contributed by atoms with Gasteiger partial charge in [-0.15, -0.1) is 0 Å². The first kappa shape index (κ1) is 11.2. The summed E-state index contributed by atoms with van der Waals surface area (Å²) >= 11 is 0. The first-order valence-corrected chi connectivity index (χ1v) is 5.88. The number of amides is 1. The molecule has 0 bridgehead atoms. The SMILES string of the molecule is CC1(C)CCC(CC(N)=O)c2ccccc21. The zero-order valence-corrected chi connectivity index (χ0v) is 9.99. The summed E-state index contributed by atoms with van der Waals surface area (Å²) in [5, 5.41) is 0. The van der Waals surface area contributed by atoms with Crippen molar-refractivity contribution in [3.63, 3.8) is 0 Å². The van der Waals surface area contributed by atoms with Crippen LogP contribution in [0.3, 0.4) is 0 Å². The summed E-state index contributed by atoms with van der Waals surface area (Å²) < 4.78 is 0. The van der Waals surface area contributed by atoms with E-state index in [1.54, 1.807) is 0 Å². The summed E-state index contributed by atoms with van der Waals surface area (Å²) in [5.74, 6) is 0.126. The molecule has 1 unspecified atom stereocenters. The molecule has 0 saturated carbocycles. The van der Waals surface area contributed by atoms with Crippen LogP contribution < -0.4 is 5.73 Å². The molecule has 1 aliphatic carbocycles. The molecule has 2 rings (SSSR count). The highest BCUT2D eigenvalue weighted by atomic mass is 16.1. The Morgan fingerprint density at radius 1 is 1.44 bits per heavy atom. The lowest BCUT2D eigenvalue weighted by molar-refractivity contribution is -0.118. The predicted molar refractivity (Wildman–Crippen MR) is 65.3 cm³/mol. The fourth-order valence-corrected chi connectivity index (χ4v) is 2.75. The maximum absolute atomic E-state index is 11.1. The van der Waals surface area contributed by atoms with Gasteiger partial charge >= 0.3 is 0 Å². The summed E-state index contributed by atoms with van der Waals surface area (Å²) in [6, 6.07) is 8.45. The van der Waals surface area contributed by atoms with Crippen LogP contribution in [0.15, 0.2) is 24.3 Å². The lowest BCUT2D eigenvalue weighted by Gasteiger charge is -2.36. The number of primary amides is 1. The van der Waals surface area contributed by atoms with E-state index >= 15 is 0 Å². The van der Waals surface area contributed by atoms with Gasteiger partial charge in [-0.25, -0.2) is 0 Å². The average Bonchev–Trinajstić information content (AvgIpc) is 2.23. The van der Waals surface area contributed by atoms with E-state index in [0.717, 1.165) is 12.8 Å². The van der Waals surface area contributed by atoms with Crippen LogP contribution >= 0.6 is 0 Å². The first-order chi connectivity index (χ1) is 7.50. The smallest absolute Gasteiger partial charge is 0.218 e. The van der Waals surface area contributed by atoms with E-state index in [1.165, 1.54) is 11.1 Å². The number of hydrogen-bond acceptors (Lipinski definition) is 1. The Labute approximate surface area is 96.8 Å². The molecule has 2 heteroatoms. The van der Waals surface area contributed by atoms with Gasteiger partial charge in [0, 0.05) is 6.42 Å². The summed E-state index contributed by atoms with van der Waals surface area (Å²) in [6.07, 6.45) is 2.67. The number of benzene rings is 1. The van der Waals surface area contributed by atoms with Gasteiger partial charge < -0.3 is 5.73 Å². The fraction of sp³-hybridized carbons (Fsp3) is 0.500. The molecule has 1 aromatic rings. The molecule has 0 spiro atoms. The quantitative estimate of drug-likeness (QED) is 0.813. The first-order valence-electron chi connectivity index (χ1n) is 5.88. The Balaban J connectivity index is 2.39. The third kappa shape index (κ3) is 1.97. The minimum Gasteiger partial charge on any atom is -0.370 e. The molecule has 2 nitrogen and oxygen atoms in total. The minimum atomic E-state index is -0.195. The standard InChI is InChI=1S/C14H19NO/c1-14(2)8-7-10(9-13(15)16)11-5-3-4-6-12(11)14/h3-6,10H,7-9H2,1-2H3,(H2,15,16). The molecular formula is C14H19NO. The van der Waals surface area contributed by atoms with Crippen molar-refractivity contribution < 1.29 is 4.79 Å². The molecule has 2 N–H and O–H groups in total. The Morgan fingerprint density at radius 2 is 2.12 bits per heavy atom. The van der Waals surface area contributed by atoms with Crippen molar-refractivity contribution in [3.8, 4) is 0 Å². The topological polar surface area (TPSA) is 43.1 Å². The number of carbonyl (C=O) groups excluding carboxylic acids is 1. The lowest BCUT2D eigenvalue weighted by Crippen LogP contribution is -2.28. The van der Waals surface area contributed by atoms with E-state index < -0.39 is 0 Å². The highest BCUT2D eigenvalue weighted by molar-refractivity contribution is 5.75. The third-order valence-electron chi connectivity index (χ3n) is 3.70. The maximum Gasteiger partial charge on any atom is 0.218 e. The Hall–Kier alpha value is -1.31. The Kier molecular flexibility index (Phi) is 2.75. The van der Waals surface area contributed by atoms with Crippen LogP contribution in [0.2, 0.25) is 0 Å². The molecule has 0 saturated heterocycles. The molecule has 1 amide bonds. The normalized spacial score (nSPS) is 22.5. The van der Waals surface area contributed by atoms with E-state index in [-0.39, 0.29) is 11.3 Å². The second kappa shape index (κ2) is 3.93. The van der Waals surface area contributed by atoms with Gasteiger partial charge in [-0.3, -0.25) is 4.79 Å². The van der Waals surface area contributed by atoms with E-state index in [2.05, 4.69) is 32.0 Å². The largest absolute Gasteiger partial charge is 0.370 e. The summed E-state index contributed by atoms with van der Waals surface area (Å²) in [5.41, 5.74) is 8.24. The zero-order valence-electron chi connectivity index (χ0n) is 9.99. The van der Waals surface area contributed by atoms with Crippen molar-refractivity contribution in [3.05, 3.63) is 35.4 Å². The van der Waals surface area contributed by atoms with Gasteiger partial charge in [-0.1, -0.05) is 38.1 Å². The molecular weight excluding hydrogens is 198 g/mol. The maximum atomic E-state index is 11.1. The Morgan fingerprint density at radius 3 is 2.81 bits per heavy atom. The van der Waals surface area contributed by atoms with Gasteiger partial charge in [-0.2, -0.15) is 0 Å². The number of nitrogens with two attached hydrogens (primary N) is 1. The van der Waals surface area contributed by atoms with E-state index in [4.69, 9.17) is 5.73 Å². The number of hydrogen-bond donors (Lipinski definition) is 1. The molecule has 1 aliphatic rings. The van der Waals surface area contributed by atoms with Crippen LogP contribution in [0.4, 0.5) is 0 Å². The molecule has 0 heterocycles. The monoisotopic (exact) mass is 217 g/mol. The second-order valence-electron chi connectivity index (χ2n) is 5.38. The molecule has 86 valence electrons. The molecule has 0 aliphatic heterocycles. The van der Waals surface area contributed by atoms with Crippen LogP contribution in [-0.4, -0.2) is 5.91 Å². The van der Waals surface area contributed by atoms with Crippen molar-refractivity contribution in [2.24, 2.45) is 5.73 Å². The fourth-order valence-electron chi connectivity index (χ4n) is 2.75. The second-order valence-corrected chi connectivity index (χ2v) is 5.38. The van der Waals surface area contributed by atoms with E-state index in [9.17, 15) is 4.79 Å². The molecule has 1 atom stereocenters. The van der Waals surface area contributed by atoms with E-state index in [1.807, 2.05) is 6.07 Å². The van der Waals surface area contributed by atoms with Gasteiger partial charge in [0.1, 0.15) is 0 Å². The highest BCUT2D eigenvalue weighted by Crippen LogP contribution is 2.43. The third-order valence-corrected chi connectivity index (χ3v) is 3.70. The van der Waals surface area contributed by atoms with Crippen LogP contribution in [0.5, 0.6) is 0 Å². The van der Waals surface area contributed by atoms with Crippen molar-refractivity contribution in [2.75, 3.05) is 0 Å². The summed E-state index contributed by atoms with van der Waals surface area (Å²) in [7, 11) is 0. The van der Waals surface area contributed by atoms with Crippen molar-refractivity contribution in [1.82, 2.24) is 0 Å². The van der Waals surface area contributed by atoms with Crippen LogP contribution in [0.25, 0.3) is 0 Å². The minimum absolute atomic E-state index is 0.195. The van der Waals surface area contributed by atoms with Gasteiger partial charge in [0.2, 0.25) is 5.91 Å². The number of carbonyl (C=O) groups is 1. The average molecular weight is 217 g/mol. The Bertz CT molecular complexity index is 409. The number of rotatable bonds is 2. The van der Waals surface area contributed by atoms with Crippen LogP contribution in [-0.2, 0) is 10.2 Å². The molecule has 0 radical (unpaired) electrons. The van der Waals surface area contributed by atoms with Gasteiger partial charge in [0.25, 0.3) is 0 Å².